The second-order valence-electron chi connectivity index (χ2n) is 14.8. The predicted octanol–water partition coefficient (Wildman–Crippen LogP) is 16.1. The van der Waals surface area contributed by atoms with Gasteiger partial charge in [-0.1, -0.05) is 112 Å². The maximum absolute atomic E-state index is 15.0. The SMILES string of the molecule is CCCCn1\c(=C/C=C/C=C/C=C/C2=[N+](CCCC)c3cccc4cccc2c34)c2cccc3cccc1c32.FC(F)(F)C(F)(F)[P-](F)(F)(F)(C(F)(F)C(F)(F)F)C(F)(F)C(F)(F)F. The number of alkyl halides is 15. The standard InChI is InChI=1S/C37H37N2.C6F18P/c1-3-5-26-38-32(30-20-12-16-28-18-14-24-34(38)36(28)30)22-10-8-7-9-11-23-33-31-21-13-17-29-19-15-25-35(37(29)31)39(33)27-6-4-2;7-1(8,9)4(16,17)25(22,23,24,5(18,19)2(10,11)12)6(20,21)3(13,14)15/h7-25H,3-6,26-27H2,1-2H3;/q+1;-1. The van der Waals surface area contributed by atoms with Crippen molar-refractivity contribution in [3.63, 3.8) is 0 Å². The first-order valence-corrected chi connectivity index (χ1v) is 21.6. The van der Waals surface area contributed by atoms with Crippen LogP contribution in [0.2, 0.25) is 0 Å². The molecule has 0 radical (unpaired) electrons. The van der Waals surface area contributed by atoms with E-state index >= 15 is 0 Å². The normalized spacial score (nSPS) is 16.3. The number of aryl methyl sites for hydroxylation is 1. The second-order valence-corrected chi connectivity index (χ2v) is 19.1. The molecule has 0 atom stereocenters. The molecule has 0 saturated heterocycles. The molecule has 2 nitrogen and oxygen atoms in total. The Morgan fingerprint density at radius 2 is 1.02 bits per heavy atom. The van der Waals surface area contributed by atoms with E-state index in [4.69, 9.17) is 0 Å². The van der Waals surface area contributed by atoms with Gasteiger partial charge in [-0.25, -0.2) is 0 Å². The maximum atomic E-state index is 13.4. The second kappa shape index (κ2) is 16.5. The first-order chi connectivity index (χ1) is 29.4. The van der Waals surface area contributed by atoms with Crippen LogP contribution in [0.25, 0.3) is 38.5 Å². The van der Waals surface area contributed by atoms with Crippen LogP contribution in [0.5, 0.6) is 0 Å². The number of rotatable bonds is 13. The molecule has 1 aliphatic heterocycles. The van der Waals surface area contributed by atoms with Crippen LogP contribution in [-0.2, 0) is 6.54 Å². The van der Waals surface area contributed by atoms with Crippen LogP contribution in [0.1, 0.15) is 45.1 Å². The molecule has 0 aliphatic carbocycles. The number of halogens is 18. The van der Waals surface area contributed by atoms with Crippen molar-refractivity contribution in [2.24, 2.45) is 0 Å². The molecule has 2 heterocycles. The fourth-order valence-electron chi connectivity index (χ4n) is 7.37. The molecular formula is C43H37F18N2P. The van der Waals surface area contributed by atoms with E-state index in [0.29, 0.717) is 0 Å². The number of nitrogens with zero attached hydrogens (tertiary/aromatic N) is 2. The minimum absolute atomic E-state index is 1.05. The predicted molar refractivity (Wildman–Crippen MR) is 212 cm³/mol. The molecule has 0 unspecified atom stereocenters. The summed E-state index contributed by atoms with van der Waals surface area (Å²) in [5.41, 5.74) is -23.9. The van der Waals surface area contributed by atoms with Crippen molar-refractivity contribution in [1.82, 2.24) is 4.57 Å². The van der Waals surface area contributed by atoms with Crippen molar-refractivity contribution in [2.75, 3.05) is 6.54 Å². The molecule has 0 N–H and O–H groups in total. The van der Waals surface area contributed by atoms with E-state index in [2.05, 4.69) is 138 Å². The Hall–Kier alpha value is -5.00. The van der Waals surface area contributed by atoms with Gasteiger partial charge in [-0.05, 0) is 35.4 Å². The summed E-state index contributed by atoms with van der Waals surface area (Å²) in [7, 11) is 0. The number of benzene rings is 4. The van der Waals surface area contributed by atoms with E-state index in [1.54, 1.807) is 0 Å². The molecule has 350 valence electrons. The molecule has 4 aromatic carbocycles. The zero-order valence-corrected chi connectivity index (χ0v) is 34.3. The van der Waals surface area contributed by atoms with Gasteiger partial charge in [0.1, 0.15) is 6.54 Å². The van der Waals surface area contributed by atoms with Crippen LogP contribution in [0.3, 0.4) is 0 Å². The zero-order chi connectivity index (χ0) is 48.0. The quantitative estimate of drug-likeness (QED) is 0.0481. The summed E-state index contributed by atoms with van der Waals surface area (Å²) in [6.45, 7) is -8.39. The number of hydrogen-bond donors (Lipinski definition) is 0. The molecule has 0 amide bonds. The Labute approximate surface area is 352 Å². The molecular weight excluding hydrogens is 917 g/mol. The zero-order valence-electron chi connectivity index (χ0n) is 33.4. The van der Waals surface area contributed by atoms with Crippen LogP contribution >= 0.6 is 6.88 Å². The molecule has 0 fully saturated rings. The third kappa shape index (κ3) is 7.25. The Morgan fingerprint density at radius 1 is 0.547 bits per heavy atom. The van der Waals surface area contributed by atoms with Gasteiger partial charge in [-0.3, -0.25) is 0 Å². The Balaban J connectivity index is 0.000000269. The Bertz CT molecular complexity index is 2630. The van der Waals surface area contributed by atoms with Gasteiger partial charge in [0.15, 0.2) is 0 Å². The van der Waals surface area contributed by atoms with E-state index in [0.717, 1.165) is 13.1 Å². The summed E-state index contributed by atoms with van der Waals surface area (Å²) in [6.07, 6.45) is -6.06. The number of allylic oxidation sites excluding steroid dienone is 6. The summed E-state index contributed by atoms with van der Waals surface area (Å²) >= 11 is 0. The molecule has 64 heavy (non-hydrogen) atoms. The fraction of sp³-hybridized carbons (Fsp3) is 0.326. The minimum atomic E-state index is -15.0. The van der Waals surface area contributed by atoms with Crippen molar-refractivity contribution in [1.29, 1.82) is 0 Å². The van der Waals surface area contributed by atoms with E-state index in [1.165, 1.54) is 80.4 Å². The number of aromatic nitrogens is 1. The van der Waals surface area contributed by atoms with Crippen molar-refractivity contribution >= 4 is 56.8 Å². The summed E-state index contributed by atoms with van der Waals surface area (Å²) in [6, 6.07) is 26.6. The number of unbranched alkanes of at least 4 members (excludes halogenated alkanes) is 2. The monoisotopic (exact) mass is 954 g/mol. The van der Waals surface area contributed by atoms with Crippen LogP contribution in [-0.4, -0.2) is 56.9 Å². The molecule has 0 saturated carbocycles. The summed E-state index contributed by atoms with van der Waals surface area (Å²) in [5.74, 6) is 0. The molecule has 0 bridgehead atoms. The molecule has 1 aromatic heterocycles. The Morgan fingerprint density at radius 3 is 1.55 bits per heavy atom. The molecule has 6 rings (SSSR count). The van der Waals surface area contributed by atoms with Gasteiger partial charge in [0.2, 0.25) is 11.4 Å². The fourth-order valence-corrected chi connectivity index (χ4v) is 10.1. The number of hydrogen-bond acceptors (Lipinski definition) is 0. The van der Waals surface area contributed by atoms with Gasteiger partial charge in [0, 0.05) is 46.7 Å². The van der Waals surface area contributed by atoms with Crippen molar-refractivity contribution in [3.05, 3.63) is 120 Å². The summed E-state index contributed by atoms with van der Waals surface area (Å²) in [5, 5.41) is 8.04. The summed E-state index contributed by atoms with van der Waals surface area (Å²) < 4.78 is 227. The van der Waals surface area contributed by atoms with E-state index in [1.807, 2.05) is 0 Å². The first-order valence-electron chi connectivity index (χ1n) is 19.3. The molecule has 21 heteroatoms. The summed E-state index contributed by atoms with van der Waals surface area (Å²) in [4.78, 5) is 0. The average Bonchev–Trinajstić information content (AvgIpc) is 3.67. The van der Waals surface area contributed by atoms with Crippen molar-refractivity contribution in [3.8, 4) is 0 Å². The van der Waals surface area contributed by atoms with Crippen molar-refractivity contribution < 1.29 is 83.0 Å². The van der Waals surface area contributed by atoms with Gasteiger partial charge in [-0.2, -0.15) is 4.58 Å². The van der Waals surface area contributed by atoms with Gasteiger partial charge >= 0.3 is 121 Å². The van der Waals surface area contributed by atoms with Crippen LogP contribution in [0, 0.1) is 0 Å². The van der Waals surface area contributed by atoms with Crippen molar-refractivity contribution in [2.45, 2.75) is 81.6 Å². The molecule has 5 aromatic rings. The molecule has 0 spiro atoms. The van der Waals surface area contributed by atoms with Gasteiger partial charge < -0.3 is 4.57 Å². The first kappa shape index (κ1) is 50.0. The Kier molecular flexibility index (Phi) is 12.9. The topological polar surface area (TPSA) is 7.94 Å². The van der Waals surface area contributed by atoms with Gasteiger partial charge in [0.05, 0.1) is 10.9 Å². The van der Waals surface area contributed by atoms with Crippen LogP contribution < -0.4 is 5.35 Å². The average molecular weight is 955 g/mol. The van der Waals surface area contributed by atoms with E-state index in [9.17, 15) is 78.4 Å². The van der Waals surface area contributed by atoms with Gasteiger partial charge in [-0.15, -0.1) is 0 Å². The molecule has 1 aliphatic rings. The third-order valence-electron chi connectivity index (χ3n) is 10.7. The van der Waals surface area contributed by atoms with E-state index < -0.39 is 42.4 Å². The van der Waals surface area contributed by atoms with Crippen LogP contribution in [0.15, 0.2) is 109 Å². The van der Waals surface area contributed by atoms with E-state index in [-0.39, 0.29) is 0 Å². The van der Waals surface area contributed by atoms with Crippen LogP contribution in [0.4, 0.5) is 84.1 Å². The third-order valence-corrected chi connectivity index (χ3v) is 15.1. The van der Waals surface area contributed by atoms with Gasteiger partial charge in [0.25, 0.3) is 0 Å².